The van der Waals surface area contributed by atoms with Crippen LogP contribution in [0.5, 0.6) is 0 Å². The summed E-state index contributed by atoms with van der Waals surface area (Å²) < 4.78 is 1.64. The van der Waals surface area contributed by atoms with E-state index < -0.39 is 0 Å². The third-order valence-electron chi connectivity index (χ3n) is 1.73. The van der Waals surface area contributed by atoms with E-state index in [0.717, 1.165) is 17.0 Å². The molecule has 0 atom stereocenters. The van der Waals surface area contributed by atoms with Gasteiger partial charge in [0, 0.05) is 0 Å². The number of hydrogen-bond acceptors (Lipinski definition) is 4. The van der Waals surface area contributed by atoms with Gasteiger partial charge in [-0.25, -0.2) is 0 Å². The molecule has 12 heavy (non-hydrogen) atoms. The van der Waals surface area contributed by atoms with Gasteiger partial charge in [-0.05, 0) is 25.5 Å². The molecule has 0 amide bonds. The summed E-state index contributed by atoms with van der Waals surface area (Å²) in [5, 5.41) is 11.9. The molecule has 0 fully saturated rings. The maximum Gasteiger partial charge on any atom is 0.180 e. The van der Waals surface area contributed by atoms with Crippen LogP contribution in [0, 0.1) is 13.8 Å². The van der Waals surface area contributed by atoms with E-state index in [4.69, 9.17) is 5.73 Å². The first kappa shape index (κ1) is 7.02. The number of hydrogen-bond donors (Lipinski definition) is 1. The Morgan fingerprint density at radius 3 is 2.83 bits per heavy atom. The lowest BCUT2D eigenvalue weighted by Gasteiger charge is -1.98. The van der Waals surface area contributed by atoms with Gasteiger partial charge in [-0.1, -0.05) is 0 Å². The number of rotatable bonds is 0. The summed E-state index contributed by atoms with van der Waals surface area (Å²) >= 11 is 0. The van der Waals surface area contributed by atoms with Crippen molar-refractivity contribution >= 4 is 11.5 Å². The van der Waals surface area contributed by atoms with Crippen LogP contribution in [0.3, 0.4) is 0 Å². The molecule has 0 bridgehead atoms. The smallest absolute Gasteiger partial charge is 0.180 e. The Labute approximate surface area is 69.2 Å². The zero-order valence-electron chi connectivity index (χ0n) is 6.94. The molecule has 5 nitrogen and oxygen atoms in total. The van der Waals surface area contributed by atoms with E-state index in [0.29, 0.717) is 5.82 Å². The molecule has 5 heteroatoms. The Kier molecular flexibility index (Phi) is 1.27. The van der Waals surface area contributed by atoms with Crippen LogP contribution in [0.15, 0.2) is 6.07 Å². The Bertz CT molecular complexity index is 431. The fourth-order valence-electron chi connectivity index (χ4n) is 1.15. The number of aromatic nitrogens is 4. The Balaban J connectivity index is 2.92. The summed E-state index contributed by atoms with van der Waals surface area (Å²) in [7, 11) is 0. The number of nitrogens with zero attached hydrogens (tertiary/aromatic N) is 4. The van der Waals surface area contributed by atoms with Crippen molar-refractivity contribution in [2.45, 2.75) is 13.8 Å². The van der Waals surface area contributed by atoms with Crippen molar-refractivity contribution in [1.29, 1.82) is 0 Å². The standard InChI is InChI=1S/C7H9N5/c1-4-3-6(8)11-12-5(2)9-10-7(4)12/h3H,1-2H3,(H2,8,11). The first-order valence-corrected chi connectivity index (χ1v) is 3.63. The summed E-state index contributed by atoms with van der Waals surface area (Å²) in [4.78, 5) is 0. The summed E-state index contributed by atoms with van der Waals surface area (Å²) in [6.07, 6.45) is 0. The third-order valence-corrected chi connectivity index (χ3v) is 1.73. The van der Waals surface area contributed by atoms with Crippen LogP contribution < -0.4 is 5.73 Å². The fraction of sp³-hybridized carbons (Fsp3) is 0.286. The summed E-state index contributed by atoms with van der Waals surface area (Å²) in [5.41, 5.74) is 7.32. The second kappa shape index (κ2) is 2.17. The molecule has 62 valence electrons. The second-order valence-corrected chi connectivity index (χ2v) is 2.73. The lowest BCUT2D eigenvalue weighted by Crippen LogP contribution is -2.00. The Morgan fingerprint density at radius 2 is 2.08 bits per heavy atom. The van der Waals surface area contributed by atoms with Gasteiger partial charge < -0.3 is 5.73 Å². The number of aryl methyl sites for hydroxylation is 2. The van der Waals surface area contributed by atoms with Gasteiger partial charge in [0.2, 0.25) is 0 Å². The highest BCUT2D eigenvalue weighted by atomic mass is 15.4. The van der Waals surface area contributed by atoms with Gasteiger partial charge in [0.1, 0.15) is 5.82 Å². The molecule has 2 aromatic rings. The van der Waals surface area contributed by atoms with E-state index in [1.807, 2.05) is 13.8 Å². The average Bonchev–Trinajstić information content (AvgIpc) is 2.33. The van der Waals surface area contributed by atoms with Crippen LogP contribution in [-0.4, -0.2) is 19.8 Å². The zero-order chi connectivity index (χ0) is 8.72. The molecule has 0 saturated heterocycles. The number of fused-ring (bicyclic) bond motifs is 1. The molecule has 2 aromatic heterocycles. The molecular weight excluding hydrogens is 154 g/mol. The summed E-state index contributed by atoms with van der Waals surface area (Å²) in [6.45, 7) is 3.77. The van der Waals surface area contributed by atoms with Gasteiger partial charge in [0.05, 0.1) is 0 Å². The monoisotopic (exact) mass is 163 g/mol. The van der Waals surface area contributed by atoms with Gasteiger partial charge in [-0.15, -0.1) is 15.3 Å². The molecule has 0 unspecified atom stereocenters. The Hall–Kier alpha value is -1.65. The first-order valence-electron chi connectivity index (χ1n) is 3.63. The van der Waals surface area contributed by atoms with E-state index >= 15 is 0 Å². The minimum absolute atomic E-state index is 0.489. The van der Waals surface area contributed by atoms with E-state index in [1.54, 1.807) is 10.6 Å². The molecule has 0 aromatic carbocycles. The minimum Gasteiger partial charge on any atom is -0.382 e. The van der Waals surface area contributed by atoms with Crippen LogP contribution in [-0.2, 0) is 0 Å². The predicted octanol–water partition coefficient (Wildman–Crippen LogP) is 0.323. The summed E-state index contributed by atoms with van der Waals surface area (Å²) in [5.74, 6) is 1.24. The van der Waals surface area contributed by atoms with Crippen molar-refractivity contribution in [2.75, 3.05) is 5.73 Å². The maximum atomic E-state index is 5.57. The lowest BCUT2D eigenvalue weighted by atomic mass is 10.3. The van der Waals surface area contributed by atoms with Gasteiger partial charge in [0.15, 0.2) is 11.5 Å². The van der Waals surface area contributed by atoms with Crippen molar-refractivity contribution in [3.63, 3.8) is 0 Å². The van der Waals surface area contributed by atoms with Crippen LogP contribution in [0.2, 0.25) is 0 Å². The van der Waals surface area contributed by atoms with E-state index in [9.17, 15) is 0 Å². The lowest BCUT2D eigenvalue weighted by molar-refractivity contribution is 0.878. The van der Waals surface area contributed by atoms with E-state index in [1.165, 1.54) is 0 Å². The highest BCUT2D eigenvalue weighted by Gasteiger charge is 2.04. The van der Waals surface area contributed by atoms with E-state index in [2.05, 4.69) is 15.3 Å². The summed E-state index contributed by atoms with van der Waals surface area (Å²) in [6, 6.07) is 1.78. The molecule has 2 N–H and O–H groups in total. The molecule has 0 aliphatic carbocycles. The first-order chi connectivity index (χ1) is 5.68. The normalized spacial score (nSPS) is 10.8. The van der Waals surface area contributed by atoms with Crippen molar-refractivity contribution in [3.05, 3.63) is 17.5 Å². The molecule has 0 aliphatic rings. The molecule has 2 rings (SSSR count). The van der Waals surface area contributed by atoms with E-state index in [-0.39, 0.29) is 0 Å². The number of nitrogens with two attached hydrogens (primary N) is 1. The predicted molar refractivity (Wildman–Crippen MR) is 44.7 cm³/mol. The van der Waals surface area contributed by atoms with Crippen molar-refractivity contribution in [3.8, 4) is 0 Å². The molecule has 0 spiro atoms. The SMILES string of the molecule is Cc1cc(N)nn2c(C)nnc12. The minimum atomic E-state index is 0.489. The van der Waals surface area contributed by atoms with Crippen LogP contribution in [0.4, 0.5) is 5.82 Å². The van der Waals surface area contributed by atoms with Crippen molar-refractivity contribution in [1.82, 2.24) is 19.8 Å². The van der Waals surface area contributed by atoms with Crippen LogP contribution in [0.1, 0.15) is 11.4 Å². The molecule has 0 aliphatic heterocycles. The number of anilines is 1. The van der Waals surface area contributed by atoms with Crippen LogP contribution >= 0.6 is 0 Å². The van der Waals surface area contributed by atoms with Gasteiger partial charge in [0.25, 0.3) is 0 Å². The van der Waals surface area contributed by atoms with Gasteiger partial charge in [-0.2, -0.15) is 4.52 Å². The largest absolute Gasteiger partial charge is 0.382 e. The highest BCUT2D eigenvalue weighted by Crippen LogP contribution is 2.09. The molecule has 0 radical (unpaired) electrons. The highest BCUT2D eigenvalue weighted by molar-refractivity contribution is 5.49. The fourth-order valence-corrected chi connectivity index (χ4v) is 1.15. The molecular formula is C7H9N5. The topological polar surface area (TPSA) is 69.1 Å². The molecule has 2 heterocycles. The van der Waals surface area contributed by atoms with Crippen LogP contribution in [0.25, 0.3) is 5.65 Å². The Morgan fingerprint density at radius 1 is 1.33 bits per heavy atom. The number of nitrogen functional groups attached to an aromatic ring is 1. The molecule has 0 saturated carbocycles. The van der Waals surface area contributed by atoms with Gasteiger partial charge >= 0.3 is 0 Å². The average molecular weight is 163 g/mol. The quantitative estimate of drug-likeness (QED) is 0.607. The van der Waals surface area contributed by atoms with Crippen molar-refractivity contribution in [2.24, 2.45) is 0 Å². The zero-order valence-corrected chi connectivity index (χ0v) is 6.94. The van der Waals surface area contributed by atoms with Gasteiger partial charge in [-0.3, -0.25) is 0 Å². The van der Waals surface area contributed by atoms with Crippen molar-refractivity contribution < 1.29 is 0 Å². The third kappa shape index (κ3) is 0.827. The second-order valence-electron chi connectivity index (χ2n) is 2.73. The maximum absolute atomic E-state index is 5.57.